The molecule has 1 aromatic rings. The molecule has 2 N–H and O–H groups in total. The van der Waals surface area contributed by atoms with E-state index in [0.29, 0.717) is 49.7 Å². The molecular formula is C30H48N4O7. The largest absolute Gasteiger partial charge is 0.481 e. The van der Waals surface area contributed by atoms with E-state index in [2.05, 4.69) is 11.8 Å². The van der Waals surface area contributed by atoms with Gasteiger partial charge in [-0.05, 0) is 64.0 Å². The molecule has 1 aromatic carbocycles. The number of rotatable bonds is 16. The second-order valence-corrected chi connectivity index (χ2v) is 11.5. The summed E-state index contributed by atoms with van der Waals surface area (Å²) in [5, 5.41) is 20.4. The number of aliphatic hydroxyl groups excluding tert-OH is 1. The summed E-state index contributed by atoms with van der Waals surface area (Å²) in [7, 11) is 5.78. The Balaban J connectivity index is 1.88. The molecule has 0 aromatic heterocycles. The molecule has 0 unspecified atom stereocenters. The predicted molar refractivity (Wildman–Crippen MR) is 155 cm³/mol. The number of carboxylic acids is 1. The topological polar surface area (TPSA) is 123 Å². The van der Waals surface area contributed by atoms with Crippen LogP contribution in [0.5, 0.6) is 11.5 Å². The van der Waals surface area contributed by atoms with E-state index in [9.17, 15) is 24.6 Å². The highest BCUT2D eigenvalue weighted by molar-refractivity contribution is 5.79. The van der Waals surface area contributed by atoms with Gasteiger partial charge in [-0.1, -0.05) is 13.3 Å². The van der Waals surface area contributed by atoms with Crippen LogP contribution in [0.1, 0.15) is 63.0 Å². The average Bonchev–Trinajstić information content (AvgIpc) is 3.55. The predicted octanol–water partition coefficient (Wildman–Crippen LogP) is 2.22. The second kappa shape index (κ2) is 15.4. The summed E-state index contributed by atoms with van der Waals surface area (Å²) in [6.45, 7) is 6.54. The van der Waals surface area contributed by atoms with Gasteiger partial charge >= 0.3 is 5.97 Å². The van der Waals surface area contributed by atoms with Crippen molar-refractivity contribution in [1.82, 2.24) is 19.6 Å². The zero-order valence-electron chi connectivity index (χ0n) is 25.3. The Morgan fingerprint density at radius 3 is 2.37 bits per heavy atom. The molecule has 3 rings (SSSR count). The van der Waals surface area contributed by atoms with Gasteiger partial charge in [-0.3, -0.25) is 19.3 Å². The van der Waals surface area contributed by atoms with Gasteiger partial charge in [0, 0.05) is 57.7 Å². The third-order valence-electron chi connectivity index (χ3n) is 8.26. The smallest absolute Gasteiger partial charge is 0.308 e. The fourth-order valence-electron chi connectivity index (χ4n) is 5.83. The summed E-state index contributed by atoms with van der Waals surface area (Å²) >= 11 is 0. The number of hydrogen-bond acceptors (Lipinski definition) is 8. The number of aliphatic hydroxyl groups is 1. The Bertz CT molecular complexity index is 1050. The van der Waals surface area contributed by atoms with Crippen molar-refractivity contribution in [3.8, 4) is 11.5 Å². The molecule has 0 radical (unpaired) electrons. The van der Waals surface area contributed by atoms with Gasteiger partial charge in [0.05, 0.1) is 19.1 Å². The fraction of sp³-hybridized carbons (Fsp3) is 0.700. The van der Waals surface area contributed by atoms with Gasteiger partial charge in [-0.15, -0.1) is 0 Å². The van der Waals surface area contributed by atoms with Gasteiger partial charge in [0.15, 0.2) is 11.5 Å². The highest BCUT2D eigenvalue weighted by Gasteiger charge is 2.47. The highest BCUT2D eigenvalue weighted by atomic mass is 16.7. The van der Waals surface area contributed by atoms with Crippen molar-refractivity contribution in [2.45, 2.75) is 64.5 Å². The normalized spacial score (nSPS) is 20.0. The number of hydrogen-bond donors (Lipinski definition) is 2. The van der Waals surface area contributed by atoms with Gasteiger partial charge in [0.1, 0.15) is 0 Å². The number of benzene rings is 1. The standard InChI is InChI=1S/C30H48N4O7/c1-6-7-12-33(13-9-8-11-31(3)4)27(37)18-34-17-24(22-15-23(19-35)29-26(16-22)40-20-41-29)28(30(38)39)25(34)10-14-32(5)21(2)36/h15-16,24-25,28,35H,6-14,17-20H2,1-5H3,(H,38,39)/t24-,25+,28-/m1/s1. The summed E-state index contributed by atoms with van der Waals surface area (Å²) in [5.74, 6) is -1.32. The van der Waals surface area contributed by atoms with Crippen LogP contribution in [-0.4, -0.2) is 121 Å². The summed E-state index contributed by atoms with van der Waals surface area (Å²) in [4.78, 5) is 46.0. The maximum atomic E-state index is 13.7. The van der Waals surface area contributed by atoms with Crippen LogP contribution in [-0.2, 0) is 21.0 Å². The Morgan fingerprint density at radius 2 is 1.73 bits per heavy atom. The summed E-state index contributed by atoms with van der Waals surface area (Å²) < 4.78 is 11.1. The van der Waals surface area contributed by atoms with Gasteiger partial charge in [0.2, 0.25) is 18.6 Å². The van der Waals surface area contributed by atoms with Crippen LogP contribution in [0.3, 0.4) is 0 Å². The fourth-order valence-corrected chi connectivity index (χ4v) is 5.83. The second-order valence-electron chi connectivity index (χ2n) is 11.5. The minimum absolute atomic E-state index is 0.000233. The molecule has 2 aliphatic heterocycles. The lowest BCUT2D eigenvalue weighted by atomic mass is 9.83. The zero-order chi connectivity index (χ0) is 30.1. The number of carboxylic acid groups (broad SMARTS) is 1. The molecular weight excluding hydrogens is 528 g/mol. The average molecular weight is 577 g/mol. The maximum absolute atomic E-state index is 13.7. The molecule has 0 aliphatic carbocycles. The van der Waals surface area contributed by atoms with Crippen LogP contribution < -0.4 is 9.47 Å². The number of amides is 2. The maximum Gasteiger partial charge on any atom is 0.308 e. The lowest BCUT2D eigenvalue weighted by Gasteiger charge is -2.30. The van der Waals surface area contributed by atoms with Crippen LogP contribution >= 0.6 is 0 Å². The first-order chi connectivity index (χ1) is 19.6. The van der Waals surface area contributed by atoms with E-state index < -0.39 is 23.8 Å². The number of aliphatic carboxylic acids is 1. The molecule has 41 heavy (non-hydrogen) atoms. The van der Waals surface area contributed by atoms with Crippen molar-refractivity contribution in [3.05, 3.63) is 23.3 Å². The first-order valence-electron chi connectivity index (χ1n) is 14.7. The summed E-state index contributed by atoms with van der Waals surface area (Å²) in [5.41, 5.74) is 1.28. The molecule has 2 aliphatic rings. The number of unbranched alkanes of at least 4 members (excludes halogenated alkanes) is 2. The van der Waals surface area contributed by atoms with Crippen LogP contribution in [0.4, 0.5) is 0 Å². The SMILES string of the molecule is CCCCN(CCCCN(C)C)C(=O)CN1C[C@H](c2cc(CO)c3c(c2)OCO3)[C@@H](C(=O)O)[C@@H]1CCN(C)C(C)=O. The first kappa shape index (κ1) is 32.6. The van der Waals surface area contributed by atoms with Gasteiger partial charge in [-0.25, -0.2) is 0 Å². The molecule has 0 saturated carbocycles. The molecule has 0 bridgehead atoms. The van der Waals surface area contributed by atoms with Crippen molar-refractivity contribution in [1.29, 1.82) is 0 Å². The molecule has 1 saturated heterocycles. The highest BCUT2D eigenvalue weighted by Crippen LogP contribution is 2.44. The molecule has 1 fully saturated rings. The van der Waals surface area contributed by atoms with Gasteiger partial charge < -0.3 is 34.4 Å². The van der Waals surface area contributed by atoms with Crippen molar-refractivity contribution in [2.75, 3.05) is 67.2 Å². The quantitative estimate of drug-likeness (QED) is 0.285. The number of nitrogens with zero attached hydrogens (tertiary/aromatic N) is 4. The molecule has 11 heteroatoms. The van der Waals surface area contributed by atoms with Crippen LogP contribution in [0.15, 0.2) is 12.1 Å². The Labute approximate surface area is 244 Å². The van der Waals surface area contributed by atoms with Crippen LogP contribution in [0, 0.1) is 5.92 Å². The molecule has 0 spiro atoms. The van der Waals surface area contributed by atoms with Gasteiger partial charge in [0.25, 0.3) is 0 Å². The van der Waals surface area contributed by atoms with E-state index in [0.717, 1.165) is 37.8 Å². The summed E-state index contributed by atoms with van der Waals surface area (Å²) in [6.07, 6.45) is 4.21. The molecule has 230 valence electrons. The Hall–Kier alpha value is -2.89. The lowest BCUT2D eigenvalue weighted by Crippen LogP contribution is -2.45. The summed E-state index contributed by atoms with van der Waals surface area (Å²) in [6, 6.07) is 3.13. The van der Waals surface area contributed by atoms with Crippen LogP contribution in [0.25, 0.3) is 0 Å². The minimum Gasteiger partial charge on any atom is -0.481 e. The van der Waals surface area contributed by atoms with Gasteiger partial charge in [-0.2, -0.15) is 0 Å². The van der Waals surface area contributed by atoms with E-state index in [1.165, 1.54) is 6.92 Å². The van der Waals surface area contributed by atoms with Crippen molar-refractivity contribution < 1.29 is 34.1 Å². The lowest BCUT2D eigenvalue weighted by molar-refractivity contribution is -0.144. The molecule has 11 nitrogen and oxygen atoms in total. The third-order valence-corrected chi connectivity index (χ3v) is 8.26. The number of ether oxygens (including phenoxy) is 2. The zero-order valence-corrected chi connectivity index (χ0v) is 25.3. The van der Waals surface area contributed by atoms with Crippen molar-refractivity contribution in [2.24, 2.45) is 5.92 Å². The van der Waals surface area contributed by atoms with E-state index >= 15 is 0 Å². The molecule has 2 amide bonds. The Kier molecular flexibility index (Phi) is 12.2. The third kappa shape index (κ3) is 8.56. The molecule has 2 heterocycles. The van der Waals surface area contributed by atoms with E-state index in [1.54, 1.807) is 24.1 Å². The Morgan fingerprint density at radius 1 is 1.02 bits per heavy atom. The number of likely N-dealkylation sites (tertiary alicyclic amines) is 1. The molecule has 3 atom stereocenters. The number of carbonyl (C=O) groups excluding carboxylic acids is 2. The number of carbonyl (C=O) groups is 3. The van der Waals surface area contributed by atoms with Crippen molar-refractivity contribution >= 4 is 17.8 Å². The monoisotopic (exact) mass is 576 g/mol. The van der Waals surface area contributed by atoms with E-state index in [-0.39, 0.29) is 31.8 Å². The minimum atomic E-state index is -0.949. The van der Waals surface area contributed by atoms with Crippen molar-refractivity contribution in [3.63, 3.8) is 0 Å². The van der Waals surface area contributed by atoms with E-state index in [4.69, 9.17) is 9.47 Å². The van der Waals surface area contributed by atoms with Crippen LogP contribution in [0.2, 0.25) is 0 Å². The first-order valence-corrected chi connectivity index (χ1v) is 14.7. The number of fused-ring (bicyclic) bond motifs is 1. The van der Waals surface area contributed by atoms with E-state index in [1.807, 2.05) is 23.9 Å².